The summed E-state index contributed by atoms with van der Waals surface area (Å²) in [6.45, 7) is 6.38. The van der Waals surface area contributed by atoms with Crippen LogP contribution in [0.5, 0.6) is 0 Å². The van der Waals surface area contributed by atoms with E-state index >= 15 is 0 Å². The molecule has 5 nitrogen and oxygen atoms in total. The standard InChI is InChI=1S/C23H27ClN2O3/c1-2-12-26(14-21(27)17-28-16-18-6-4-3-5-7-18)15-22-13-23(25-29-22)19-8-10-20(24)11-9-19/h2-11,21-22,27H,1,12-17H2. The second-order valence-corrected chi connectivity index (χ2v) is 7.57. The molecule has 1 heterocycles. The van der Waals surface area contributed by atoms with E-state index < -0.39 is 6.10 Å². The molecular weight excluding hydrogens is 388 g/mol. The minimum atomic E-state index is -0.586. The molecule has 3 rings (SSSR count). The van der Waals surface area contributed by atoms with Crippen LogP contribution in [0.2, 0.25) is 5.02 Å². The zero-order chi connectivity index (χ0) is 20.5. The van der Waals surface area contributed by atoms with Crippen molar-refractivity contribution in [1.82, 2.24) is 4.90 Å². The van der Waals surface area contributed by atoms with Gasteiger partial charge in [0.1, 0.15) is 6.10 Å². The molecule has 29 heavy (non-hydrogen) atoms. The first-order chi connectivity index (χ1) is 14.1. The van der Waals surface area contributed by atoms with Crippen LogP contribution in [-0.2, 0) is 16.2 Å². The fourth-order valence-corrected chi connectivity index (χ4v) is 3.40. The van der Waals surface area contributed by atoms with Crippen LogP contribution in [0, 0.1) is 0 Å². The maximum Gasteiger partial charge on any atom is 0.145 e. The van der Waals surface area contributed by atoms with Crippen molar-refractivity contribution in [2.24, 2.45) is 5.16 Å². The third kappa shape index (κ3) is 6.98. The Morgan fingerprint density at radius 1 is 1.24 bits per heavy atom. The number of aliphatic hydroxyl groups is 1. The van der Waals surface area contributed by atoms with Gasteiger partial charge in [0.25, 0.3) is 0 Å². The Hall–Kier alpha value is -2.18. The molecule has 6 heteroatoms. The lowest BCUT2D eigenvalue weighted by atomic mass is 10.0. The summed E-state index contributed by atoms with van der Waals surface area (Å²) in [6.07, 6.45) is 1.90. The summed E-state index contributed by atoms with van der Waals surface area (Å²) in [5, 5.41) is 15.3. The number of benzene rings is 2. The van der Waals surface area contributed by atoms with E-state index in [0.29, 0.717) is 31.3 Å². The van der Waals surface area contributed by atoms with Crippen LogP contribution in [0.3, 0.4) is 0 Å². The van der Waals surface area contributed by atoms with Gasteiger partial charge in [-0.2, -0.15) is 0 Å². The molecule has 0 saturated carbocycles. The zero-order valence-electron chi connectivity index (χ0n) is 16.4. The molecule has 2 atom stereocenters. The first-order valence-corrected chi connectivity index (χ1v) is 10.1. The van der Waals surface area contributed by atoms with E-state index in [1.54, 1.807) is 0 Å². The van der Waals surface area contributed by atoms with Crippen molar-refractivity contribution in [1.29, 1.82) is 0 Å². The van der Waals surface area contributed by atoms with Crippen LogP contribution in [0.4, 0.5) is 0 Å². The molecule has 0 aliphatic carbocycles. The molecule has 0 saturated heterocycles. The van der Waals surface area contributed by atoms with Crippen LogP contribution in [-0.4, -0.2) is 54.2 Å². The second-order valence-electron chi connectivity index (χ2n) is 7.14. The van der Waals surface area contributed by atoms with Crippen molar-refractivity contribution in [2.45, 2.75) is 25.2 Å². The number of halogens is 1. The van der Waals surface area contributed by atoms with Gasteiger partial charge in [-0.3, -0.25) is 4.90 Å². The highest BCUT2D eigenvalue weighted by Crippen LogP contribution is 2.19. The molecule has 0 amide bonds. The zero-order valence-corrected chi connectivity index (χ0v) is 17.2. The van der Waals surface area contributed by atoms with Crippen LogP contribution >= 0.6 is 11.6 Å². The van der Waals surface area contributed by atoms with Gasteiger partial charge >= 0.3 is 0 Å². The van der Waals surface area contributed by atoms with Crippen molar-refractivity contribution < 1.29 is 14.7 Å². The van der Waals surface area contributed by atoms with E-state index in [1.165, 1.54) is 0 Å². The Labute approximate surface area is 177 Å². The predicted octanol–water partition coefficient (Wildman–Crippen LogP) is 3.90. The first-order valence-electron chi connectivity index (χ1n) is 9.75. The Morgan fingerprint density at radius 3 is 2.72 bits per heavy atom. The van der Waals surface area contributed by atoms with Gasteiger partial charge in [-0.05, 0) is 23.3 Å². The fraction of sp³-hybridized carbons (Fsp3) is 0.348. The minimum Gasteiger partial charge on any atom is -0.390 e. The number of oxime groups is 1. The van der Waals surface area contributed by atoms with E-state index in [0.717, 1.165) is 23.3 Å². The van der Waals surface area contributed by atoms with Crippen LogP contribution < -0.4 is 0 Å². The number of ether oxygens (including phenoxy) is 1. The third-order valence-corrected chi connectivity index (χ3v) is 4.90. The highest BCUT2D eigenvalue weighted by molar-refractivity contribution is 6.30. The molecule has 154 valence electrons. The van der Waals surface area contributed by atoms with Crippen LogP contribution in [0.25, 0.3) is 0 Å². The minimum absolute atomic E-state index is 0.0573. The summed E-state index contributed by atoms with van der Waals surface area (Å²) in [5.41, 5.74) is 3.02. The average molecular weight is 415 g/mol. The summed E-state index contributed by atoms with van der Waals surface area (Å²) in [4.78, 5) is 7.72. The smallest absolute Gasteiger partial charge is 0.145 e. The van der Waals surface area contributed by atoms with Crippen molar-refractivity contribution in [3.8, 4) is 0 Å². The molecule has 2 aromatic carbocycles. The van der Waals surface area contributed by atoms with Crippen molar-refractivity contribution in [3.05, 3.63) is 83.4 Å². The van der Waals surface area contributed by atoms with Gasteiger partial charge in [-0.25, -0.2) is 0 Å². The van der Waals surface area contributed by atoms with Gasteiger partial charge in [-0.1, -0.05) is 65.3 Å². The molecule has 0 radical (unpaired) electrons. The van der Waals surface area contributed by atoms with E-state index in [4.69, 9.17) is 21.2 Å². The lowest BCUT2D eigenvalue weighted by Crippen LogP contribution is -2.39. The number of hydrogen-bond donors (Lipinski definition) is 1. The molecular formula is C23H27ClN2O3. The van der Waals surface area contributed by atoms with Gasteiger partial charge in [0.15, 0.2) is 0 Å². The van der Waals surface area contributed by atoms with Crippen molar-refractivity contribution in [3.63, 3.8) is 0 Å². The molecule has 0 aromatic heterocycles. The molecule has 2 aromatic rings. The first kappa shape index (κ1) is 21.5. The summed E-state index contributed by atoms with van der Waals surface area (Å²) >= 11 is 5.95. The maximum absolute atomic E-state index is 10.4. The highest BCUT2D eigenvalue weighted by Gasteiger charge is 2.25. The highest BCUT2D eigenvalue weighted by atomic mass is 35.5. The normalized spacial score (nSPS) is 17.1. The van der Waals surface area contributed by atoms with Gasteiger partial charge in [0, 0.05) is 31.1 Å². The Morgan fingerprint density at radius 2 is 2.00 bits per heavy atom. The molecule has 0 spiro atoms. The average Bonchev–Trinajstić information content (AvgIpc) is 3.18. The molecule has 0 fully saturated rings. The van der Waals surface area contributed by atoms with Crippen molar-refractivity contribution in [2.75, 3.05) is 26.2 Å². The summed E-state index contributed by atoms with van der Waals surface area (Å²) in [5.74, 6) is 0. The fourth-order valence-electron chi connectivity index (χ4n) is 3.27. The Balaban J connectivity index is 1.43. The molecule has 1 aliphatic rings. The largest absolute Gasteiger partial charge is 0.390 e. The van der Waals surface area contributed by atoms with Crippen molar-refractivity contribution >= 4 is 17.3 Å². The van der Waals surface area contributed by atoms with Crippen LogP contribution in [0.15, 0.2) is 72.4 Å². The van der Waals surface area contributed by atoms with E-state index in [1.807, 2.05) is 60.7 Å². The number of nitrogens with zero attached hydrogens (tertiary/aromatic N) is 2. The topological polar surface area (TPSA) is 54.3 Å². The summed E-state index contributed by atoms with van der Waals surface area (Å²) in [6, 6.07) is 17.5. The summed E-state index contributed by atoms with van der Waals surface area (Å²) < 4.78 is 5.65. The molecule has 1 aliphatic heterocycles. The molecule has 0 bridgehead atoms. The number of rotatable bonds is 11. The Kier molecular flexibility index (Phi) is 8.25. The van der Waals surface area contributed by atoms with Gasteiger partial charge in [0.2, 0.25) is 0 Å². The van der Waals surface area contributed by atoms with E-state index in [2.05, 4.69) is 16.6 Å². The quantitative estimate of drug-likeness (QED) is 0.566. The lowest BCUT2D eigenvalue weighted by Gasteiger charge is -2.25. The van der Waals surface area contributed by atoms with Crippen LogP contribution in [0.1, 0.15) is 17.5 Å². The second kappa shape index (κ2) is 11.1. The third-order valence-electron chi connectivity index (χ3n) is 4.65. The monoisotopic (exact) mass is 414 g/mol. The van der Waals surface area contributed by atoms with E-state index in [9.17, 15) is 5.11 Å². The molecule has 1 N–H and O–H groups in total. The predicted molar refractivity (Wildman–Crippen MR) is 116 cm³/mol. The lowest BCUT2D eigenvalue weighted by molar-refractivity contribution is -0.00180. The van der Waals surface area contributed by atoms with Gasteiger partial charge < -0.3 is 14.7 Å². The maximum atomic E-state index is 10.4. The van der Waals surface area contributed by atoms with Gasteiger partial charge in [0.05, 0.1) is 25.0 Å². The SMILES string of the molecule is C=CCN(CC(O)COCc1ccccc1)CC1CC(c2ccc(Cl)cc2)=NO1. The van der Waals surface area contributed by atoms with E-state index in [-0.39, 0.29) is 12.7 Å². The summed E-state index contributed by atoms with van der Waals surface area (Å²) in [7, 11) is 0. The number of aliphatic hydroxyl groups excluding tert-OH is 1. The van der Waals surface area contributed by atoms with Gasteiger partial charge in [-0.15, -0.1) is 6.58 Å². The Bertz CT molecular complexity index is 796. The molecule has 2 unspecified atom stereocenters. The number of hydrogen-bond acceptors (Lipinski definition) is 5.